The maximum atomic E-state index is 12.4. The van der Waals surface area contributed by atoms with Crippen LogP contribution in [0.3, 0.4) is 0 Å². The van der Waals surface area contributed by atoms with E-state index in [2.05, 4.69) is 31.3 Å². The lowest BCUT2D eigenvalue weighted by molar-refractivity contribution is -0.665. The SMILES string of the molecule is CC(C)(OC(=O)C1CC2C=CC1C2)C1CC[NH2+]CC1. The van der Waals surface area contributed by atoms with E-state index >= 15 is 0 Å². The number of carbonyl (C=O) groups is 1. The van der Waals surface area contributed by atoms with Gasteiger partial charge in [0.05, 0.1) is 19.0 Å². The van der Waals surface area contributed by atoms with Crippen molar-refractivity contribution in [1.29, 1.82) is 0 Å². The van der Waals surface area contributed by atoms with Crippen LogP contribution in [0.5, 0.6) is 0 Å². The highest BCUT2D eigenvalue weighted by atomic mass is 16.6. The van der Waals surface area contributed by atoms with Gasteiger partial charge in [0.15, 0.2) is 0 Å². The molecule has 3 nitrogen and oxygen atoms in total. The van der Waals surface area contributed by atoms with Crippen LogP contribution in [0.2, 0.25) is 0 Å². The van der Waals surface area contributed by atoms with Gasteiger partial charge < -0.3 is 10.1 Å². The third-order valence-corrected chi connectivity index (χ3v) is 5.37. The van der Waals surface area contributed by atoms with Crippen LogP contribution in [0.15, 0.2) is 12.2 Å². The van der Waals surface area contributed by atoms with Crippen molar-refractivity contribution in [3.8, 4) is 0 Å². The highest BCUT2D eigenvalue weighted by molar-refractivity contribution is 5.74. The molecule has 106 valence electrons. The predicted octanol–water partition coefficient (Wildman–Crippen LogP) is 1.49. The number of hydrogen-bond donors (Lipinski definition) is 1. The van der Waals surface area contributed by atoms with E-state index in [4.69, 9.17) is 4.74 Å². The Morgan fingerprint density at radius 3 is 2.53 bits per heavy atom. The minimum absolute atomic E-state index is 0.0522. The lowest BCUT2D eigenvalue weighted by Crippen LogP contribution is -2.86. The molecular weight excluding hydrogens is 238 g/mol. The van der Waals surface area contributed by atoms with Gasteiger partial charge in [0.25, 0.3) is 0 Å². The number of esters is 1. The van der Waals surface area contributed by atoms with E-state index in [1.807, 2.05) is 0 Å². The largest absolute Gasteiger partial charge is 0.459 e. The smallest absolute Gasteiger partial charge is 0.310 e. The van der Waals surface area contributed by atoms with Crippen molar-refractivity contribution in [2.24, 2.45) is 23.7 Å². The Kier molecular flexibility index (Phi) is 3.42. The molecule has 3 unspecified atom stereocenters. The van der Waals surface area contributed by atoms with Gasteiger partial charge >= 0.3 is 5.97 Å². The number of allylic oxidation sites excluding steroid dienone is 2. The van der Waals surface area contributed by atoms with Crippen LogP contribution in [0.1, 0.15) is 39.5 Å². The Morgan fingerprint density at radius 2 is 1.95 bits per heavy atom. The van der Waals surface area contributed by atoms with Gasteiger partial charge in [0, 0.05) is 18.8 Å². The molecular formula is C16H26NO2+. The maximum Gasteiger partial charge on any atom is 0.310 e. The van der Waals surface area contributed by atoms with Crippen molar-refractivity contribution in [3.63, 3.8) is 0 Å². The Hall–Kier alpha value is -0.830. The summed E-state index contributed by atoms with van der Waals surface area (Å²) in [5.74, 6) is 1.79. The fraction of sp³-hybridized carbons (Fsp3) is 0.812. The first-order valence-corrected chi connectivity index (χ1v) is 7.79. The summed E-state index contributed by atoms with van der Waals surface area (Å²) >= 11 is 0. The third-order valence-electron chi connectivity index (χ3n) is 5.37. The molecule has 3 aliphatic rings. The molecule has 2 N–H and O–H groups in total. The van der Waals surface area contributed by atoms with E-state index in [-0.39, 0.29) is 17.5 Å². The zero-order valence-corrected chi connectivity index (χ0v) is 12.1. The van der Waals surface area contributed by atoms with E-state index in [0.29, 0.717) is 17.8 Å². The zero-order valence-electron chi connectivity index (χ0n) is 12.1. The molecule has 0 radical (unpaired) electrons. The Balaban J connectivity index is 1.60. The molecule has 0 amide bonds. The van der Waals surface area contributed by atoms with Crippen LogP contribution >= 0.6 is 0 Å². The van der Waals surface area contributed by atoms with Crippen molar-refractivity contribution < 1.29 is 14.8 Å². The van der Waals surface area contributed by atoms with E-state index in [9.17, 15) is 4.79 Å². The summed E-state index contributed by atoms with van der Waals surface area (Å²) in [5.41, 5.74) is -0.295. The first kappa shape index (κ1) is 13.2. The molecule has 2 aliphatic carbocycles. The van der Waals surface area contributed by atoms with Crippen molar-refractivity contribution in [3.05, 3.63) is 12.2 Å². The number of fused-ring (bicyclic) bond motifs is 2. The molecule has 0 spiro atoms. The quantitative estimate of drug-likeness (QED) is 0.620. The molecule has 0 aromatic carbocycles. The second-order valence-corrected chi connectivity index (χ2v) is 7.05. The van der Waals surface area contributed by atoms with E-state index in [1.165, 1.54) is 19.5 Å². The van der Waals surface area contributed by atoms with Gasteiger partial charge in [-0.15, -0.1) is 0 Å². The number of quaternary nitrogens is 1. The van der Waals surface area contributed by atoms with Gasteiger partial charge in [-0.25, -0.2) is 0 Å². The molecule has 1 heterocycles. The fourth-order valence-corrected chi connectivity index (χ4v) is 4.09. The number of ether oxygens (including phenoxy) is 1. The second-order valence-electron chi connectivity index (χ2n) is 7.05. The first-order chi connectivity index (χ1) is 9.06. The van der Waals surface area contributed by atoms with Crippen LogP contribution in [0.25, 0.3) is 0 Å². The standard InChI is InChI=1S/C16H25NO2/c1-16(2,13-5-7-17-8-6-13)19-15(18)14-10-11-3-4-12(14)9-11/h3-4,11-14,17H,5-10H2,1-2H3/p+1. The molecule has 3 heteroatoms. The van der Waals surface area contributed by atoms with Gasteiger partial charge in [0.2, 0.25) is 0 Å². The number of nitrogens with two attached hydrogens (primary N) is 1. The average molecular weight is 264 g/mol. The van der Waals surface area contributed by atoms with Crippen LogP contribution in [-0.2, 0) is 9.53 Å². The minimum Gasteiger partial charge on any atom is -0.459 e. The summed E-state index contributed by atoms with van der Waals surface area (Å²) in [6.07, 6.45) is 9.00. The van der Waals surface area contributed by atoms with Crippen LogP contribution < -0.4 is 5.32 Å². The summed E-state index contributed by atoms with van der Waals surface area (Å²) in [4.78, 5) is 12.4. The van der Waals surface area contributed by atoms with Crippen LogP contribution in [0, 0.1) is 23.7 Å². The van der Waals surface area contributed by atoms with Crippen LogP contribution in [0.4, 0.5) is 0 Å². The molecule has 3 atom stereocenters. The third kappa shape index (κ3) is 2.58. The lowest BCUT2D eigenvalue weighted by atomic mass is 9.83. The Morgan fingerprint density at radius 1 is 1.21 bits per heavy atom. The zero-order chi connectivity index (χ0) is 13.5. The number of carbonyl (C=O) groups excluding carboxylic acids is 1. The van der Waals surface area contributed by atoms with E-state index < -0.39 is 0 Å². The summed E-state index contributed by atoms with van der Waals surface area (Å²) in [7, 11) is 0. The van der Waals surface area contributed by atoms with Gasteiger partial charge in [-0.1, -0.05) is 12.2 Å². The monoisotopic (exact) mass is 264 g/mol. The molecule has 1 aliphatic heterocycles. The van der Waals surface area contributed by atoms with Gasteiger partial charge in [-0.3, -0.25) is 4.79 Å². The molecule has 3 rings (SSSR count). The molecule has 1 saturated heterocycles. The average Bonchev–Trinajstić information content (AvgIpc) is 3.01. The number of rotatable bonds is 3. The summed E-state index contributed by atoms with van der Waals surface area (Å²) < 4.78 is 5.93. The van der Waals surface area contributed by atoms with Crippen molar-refractivity contribution in [1.82, 2.24) is 0 Å². The van der Waals surface area contributed by atoms with Crippen LogP contribution in [-0.4, -0.2) is 24.7 Å². The molecule has 2 bridgehead atoms. The van der Waals surface area contributed by atoms with E-state index in [0.717, 1.165) is 19.3 Å². The van der Waals surface area contributed by atoms with Crippen molar-refractivity contribution in [2.75, 3.05) is 13.1 Å². The highest BCUT2D eigenvalue weighted by Gasteiger charge is 2.43. The fourth-order valence-electron chi connectivity index (χ4n) is 4.09. The molecule has 0 aromatic rings. The van der Waals surface area contributed by atoms with Gasteiger partial charge in [-0.2, -0.15) is 0 Å². The van der Waals surface area contributed by atoms with Gasteiger partial charge in [-0.05, 0) is 38.5 Å². The topological polar surface area (TPSA) is 42.9 Å². The Bertz CT molecular complexity index is 382. The second kappa shape index (κ2) is 4.93. The summed E-state index contributed by atoms with van der Waals surface area (Å²) in [6.45, 7) is 6.54. The molecule has 0 aromatic heterocycles. The maximum absolute atomic E-state index is 12.4. The highest BCUT2D eigenvalue weighted by Crippen LogP contribution is 2.44. The van der Waals surface area contributed by atoms with Gasteiger partial charge in [0.1, 0.15) is 5.60 Å². The molecule has 2 fully saturated rings. The lowest BCUT2D eigenvalue weighted by Gasteiger charge is -2.36. The van der Waals surface area contributed by atoms with Crippen molar-refractivity contribution in [2.45, 2.75) is 45.1 Å². The predicted molar refractivity (Wildman–Crippen MR) is 73.4 cm³/mol. The summed E-state index contributed by atoms with van der Waals surface area (Å²) in [5, 5.41) is 2.36. The Labute approximate surface area is 115 Å². The van der Waals surface area contributed by atoms with E-state index in [1.54, 1.807) is 0 Å². The summed E-state index contributed by atoms with van der Waals surface area (Å²) in [6, 6.07) is 0. The molecule has 19 heavy (non-hydrogen) atoms. The normalized spacial score (nSPS) is 34.7. The van der Waals surface area contributed by atoms with Crippen molar-refractivity contribution >= 4 is 5.97 Å². The minimum atomic E-state index is -0.295. The number of hydrogen-bond acceptors (Lipinski definition) is 2. The number of piperidine rings is 1. The molecule has 1 saturated carbocycles. The first-order valence-electron chi connectivity index (χ1n) is 7.79.